The van der Waals surface area contributed by atoms with Crippen molar-refractivity contribution in [2.45, 2.75) is 44.2 Å². The van der Waals surface area contributed by atoms with Gasteiger partial charge in [0.2, 0.25) is 0 Å². The molecule has 4 rings (SSSR count). The lowest BCUT2D eigenvalue weighted by molar-refractivity contribution is -0.194. The summed E-state index contributed by atoms with van der Waals surface area (Å²) in [6.45, 7) is 3.60. The predicted molar refractivity (Wildman–Crippen MR) is 73.5 cm³/mol. The van der Waals surface area contributed by atoms with Gasteiger partial charge < -0.3 is 24.7 Å². The Kier molecular flexibility index (Phi) is 2.74. The van der Waals surface area contributed by atoms with E-state index in [9.17, 15) is 4.79 Å². The molecule has 0 spiro atoms. The summed E-state index contributed by atoms with van der Waals surface area (Å²) in [6, 6.07) is 0. The molecule has 0 aliphatic carbocycles. The topological polar surface area (TPSA) is 114 Å². The Hall–Kier alpha value is -2.10. The molecule has 2 N–H and O–H groups in total. The van der Waals surface area contributed by atoms with Crippen molar-refractivity contribution in [3.8, 4) is 0 Å². The van der Waals surface area contributed by atoms with Gasteiger partial charge in [-0.25, -0.2) is 15.0 Å². The average Bonchev–Trinajstić information content (AvgIpc) is 3.10. The highest BCUT2D eigenvalue weighted by Crippen LogP contribution is 2.43. The van der Waals surface area contributed by atoms with E-state index in [4.69, 9.17) is 19.9 Å². The highest BCUT2D eigenvalue weighted by molar-refractivity contribution is 5.81. The molecule has 4 heterocycles. The van der Waals surface area contributed by atoms with Crippen LogP contribution in [0.15, 0.2) is 12.7 Å². The van der Waals surface area contributed by atoms with Crippen molar-refractivity contribution in [1.82, 2.24) is 19.5 Å². The molecule has 2 aromatic rings. The van der Waals surface area contributed by atoms with Crippen LogP contribution >= 0.6 is 0 Å². The summed E-state index contributed by atoms with van der Waals surface area (Å²) in [5.74, 6) is -0.489. The fourth-order valence-corrected chi connectivity index (χ4v) is 3.00. The predicted octanol–water partition coefficient (Wildman–Crippen LogP) is 0.0249. The van der Waals surface area contributed by atoms with Gasteiger partial charge in [0.25, 0.3) is 0 Å². The standard InChI is InChI=1S/C13H15N5O4/c1-13(2)21-8-6(3-19)20-12(9(8)22-13)18-5-17-7-10(14)15-4-16-11(7)18/h3-6,8-9,12H,1-2H3,(H2,14,15,16)/t6-,8+,9+,12+/m0/s1. The van der Waals surface area contributed by atoms with Crippen LogP contribution in [0.4, 0.5) is 5.82 Å². The van der Waals surface area contributed by atoms with Gasteiger partial charge in [-0.1, -0.05) is 0 Å². The molecule has 0 radical (unpaired) electrons. The van der Waals surface area contributed by atoms with Crippen molar-refractivity contribution in [1.29, 1.82) is 0 Å². The summed E-state index contributed by atoms with van der Waals surface area (Å²) in [6.07, 6.45) is 1.47. The molecule has 2 fully saturated rings. The number of nitrogen functional groups attached to an aromatic ring is 1. The number of anilines is 1. The second kappa shape index (κ2) is 4.45. The average molecular weight is 305 g/mol. The minimum Gasteiger partial charge on any atom is -0.382 e. The van der Waals surface area contributed by atoms with Gasteiger partial charge >= 0.3 is 0 Å². The number of aromatic nitrogens is 4. The summed E-state index contributed by atoms with van der Waals surface area (Å²) in [5.41, 5.74) is 6.80. The van der Waals surface area contributed by atoms with Gasteiger partial charge in [-0.2, -0.15) is 0 Å². The first-order valence-electron chi connectivity index (χ1n) is 6.89. The van der Waals surface area contributed by atoms with E-state index in [0.717, 1.165) is 6.29 Å². The third kappa shape index (κ3) is 1.83. The maximum atomic E-state index is 11.3. The molecule has 22 heavy (non-hydrogen) atoms. The van der Waals surface area contributed by atoms with E-state index in [0.29, 0.717) is 11.2 Å². The Morgan fingerprint density at radius 1 is 1.27 bits per heavy atom. The molecule has 116 valence electrons. The van der Waals surface area contributed by atoms with Crippen molar-refractivity contribution in [2.24, 2.45) is 0 Å². The van der Waals surface area contributed by atoms with Gasteiger partial charge in [-0.15, -0.1) is 0 Å². The zero-order valence-electron chi connectivity index (χ0n) is 12.0. The van der Waals surface area contributed by atoms with Gasteiger partial charge in [-0.05, 0) is 13.8 Å². The SMILES string of the molecule is CC1(C)O[C@@H]2[C@H](O1)[C@H](C=O)O[C@H]2n1cnc2c(N)ncnc21. The number of rotatable bonds is 2. The number of ether oxygens (including phenoxy) is 3. The van der Waals surface area contributed by atoms with Crippen LogP contribution in [0.25, 0.3) is 11.2 Å². The number of hydrogen-bond acceptors (Lipinski definition) is 8. The summed E-state index contributed by atoms with van der Waals surface area (Å²) in [4.78, 5) is 23.6. The number of carbonyl (C=O) groups excluding carboxylic acids is 1. The molecular weight excluding hydrogens is 290 g/mol. The Morgan fingerprint density at radius 3 is 2.82 bits per heavy atom. The van der Waals surface area contributed by atoms with Crippen molar-refractivity contribution >= 4 is 23.3 Å². The molecule has 0 saturated carbocycles. The first-order chi connectivity index (χ1) is 10.5. The first kappa shape index (κ1) is 13.6. The molecule has 2 aliphatic heterocycles. The van der Waals surface area contributed by atoms with Crippen LogP contribution in [0.3, 0.4) is 0 Å². The number of aldehydes is 1. The maximum Gasteiger partial charge on any atom is 0.167 e. The van der Waals surface area contributed by atoms with Crippen molar-refractivity contribution < 1.29 is 19.0 Å². The number of carbonyl (C=O) groups is 1. The van der Waals surface area contributed by atoms with Crippen LogP contribution in [0, 0.1) is 0 Å². The number of imidazole rings is 1. The van der Waals surface area contributed by atoms with E-state index in [-0.39, 0.29) is 5.82 Å². The van der Waals surface area contributed by atoms with E-state index in [1.807, 2.05) is 0 Å². The van der Waals surface area contributed by atoms with E-state index < -0.39 is 30.3 Å². The highest BCUT2D eigenvalue weighted by Gasteiger charge is 2.56. The molecule has 4 atom stereocenters. The first-order valence-corrected chi connectivity index (χ1v) is 6.89. The van der Waals surface area contributed by atoms with E-state index in [2.05, 4.69) is 15.0 Å². The lowest BCUT2D eigenvalue weighted by Gasteiger charge is -2.23. The molecule has 2 saturated heterocycles. The van der Waals surface area contributed by atoms with Crippen molar-refractivity contribution in [3.05, 3.63) is 12.7 Å². The molecular formula is C13H15N5O4. The summed E-state index contributed by atoms with van der Waals surface area (Å²) >= 11 is 0. The van der Waals surface area contributed by atoms with Crippen LogP contribution in [0.5, 0.6) is 0 Å². The largest absolute Gasteiger partial charge is 0.382 e. The molecule has 0 amide bonds. The van der Waals surface area contributed by atoms with E-state index in [1.54, 1.807) is 24.7 Å². The van der Waals surface area contributed by atoms with Crippen LogP contribution in [0.1, 0.15) is 20.1 Å². The fourth-order valence-electron chi connectivity index (χ4n) is 3.00. The second-order valence-electron chi connectivity index (χ2n) is 5.78. The number of hydrogen-bond donors (Lipinski definition) is 1. The third-order valence-electron chi connectivity index (χ3n) is 3.86. The van der Waals surface area contributed by atoms with Crippen LogP contribution in [-0.4, -0.2) is 49.9 Å². The van der Waals surface area contributed by atoms with Crippen LogP contribution in [-0.2, 0) is 19.0 Å². The second-order valence-corrected chi connectivity index (χ2v) is 5.78. The van der Waals surface area contributed by atoms with Crippen LogP contribution in [0.2, 0.25) is 0 Å². The molecule has 0 unspecified atom stereocenters. The summed E-state index contributed by atoms with van der Waals surface area (Å²) < 4.78 is 19.1. The third-order valence-corrected chi connectivity index (χ3v) is 3.86. The summed E-state index contributed by atoms with van der Waals surface area (Å²) in [5, 5.41) is 0. The molecule has 0 bridgehead atoms. The van der Waals surface area contributed by atoms with E-state index >= 15 is 0 Å². The Morgan fingerprint density at radius 2 is 2.05 bits per heavy atom. The fraction of sp³-hybridized carbons (Fsp3) is 0.538. The van der Waals surface area contributed by atoms with Crippen LogP contribution < -0.4 is 5.73 Å². The lowest BCUT2D eigenvalue weighted by Crippen LogP contribution is -2.30. The van der Waals surface area contributed by atoms with E-state index in [1.165, 1.54) is 6.33 Å². The molecule has 9 heteroatoms. The monoisotopic (exact) mass is 305 g/mol. The summed E-state index contributed by atoms with van der Waals surface area (Å²) in [7, 11) is 0. The minimum absolute atomic E-state index is 0.286. The van der Waals surface area contributed by atoms with Crippen molar-refractivity contribution in [3.63, 3.8) is 0 Å². The molecule has 9 nitrogen and oxygen atoms in total. The Labute approximate surface area is 125 Å². The number of nitrogens with two attached hydrogens (primary N) is 1. The van der Waals surface area contributed by atoms with Crippen molar-refractivity contribution in [2.75, 3.05) is 5.73 Å². The van der Waals surface area contributed by atoms with Gasteiger partial charge in [0.15, 0.2) is 29.8 Å². The zero-order valence-corrected chi connectivity index (χ0v) is 12.0. The minimum atomic E-state index is -0.775. The van der Waals surface area contributed by atoms with Gasteiger partial charge in [0, 0.05) is 0 Å². The maximum absolute atomic E-state index is 11.3. The Bertz CT molecular complexity index is 745. The van der Waals surface area contributed by atoms with Gasteiger partial charge in [0.1, 0.15) is 30.2 Å². The number of nitrogens with zero attached hydrogens (tertiary/aromatic N) is 4. The lowest BCUT2D eigenvalue weighted by atomic mass is 10.1. The smallest absolute Gasteiger partial charge is 0.167 e. The quantitative estimate of drug-likeness (QED) is 0.773. The molecule has 2 aromatic heterocycles. The highest BCUT2D eigenvalue weighted by atomic mass is 16.8. The zero-order chi connectivity index (χ0) is 15.5. The molecule has 0 aromatic carbocycles. The molecule has 2 aliphatic rings. The number of fused-ring (bicyclic) bond motifs is 2. The van der Waals surface area contributed by atoms with Gasteiger partial charge in [0.05, 0.1) is 6.33 Å². The Balaban J connectivity index is 1.78. The van der Waals surface area contributed by atoms with Gasteiger partial charge in [-0.3, -0.25) is 4.57 Å². The normalized spacial score (nSPS) is 33.2.